The quantitative estimate of drug-likeness (QED) is 0.794. The summed E-state index contributed by atoms with van der Waals surface area (Å²) in [5.41, 5.74) is 0.680. The van der Waals surface area contributed by atoms with Crippen molar-refractivity contribution in [2.45, 2.75) is 31.8 Å². The number of hydrogen-bond donors (Lipinski definition) is 1. The Morgan fingerprint density at radius 3 is 2.94 bits per heavy atom. The second-order valence-electron chi connectivity index (χ2n) is 4.10. The predicted octanol–water partition coefficient (Wildman–Crippen LogP) is 3.68. The molecule has 0 radical (unpaired) electrons. The third kappa shape index (κ3) is 3.06. The van der Waals surface area contributed by atoms with E-state index in [0.717, 1.165) is 19.3 Å². The molecule has 1 aliphatic rings. The van der Waals surface area contributed by atoms with Crippen LogP contribution in [0.5, 0.6) is 0 Å². The van der Waals surface area contributed by atoms with Crippen LogP contribution in [0, 0.1) is 5.82 Å². The van der Waals surface area contributed by atoms with Gasteiger partial charge in [0.2, 0.25) is 0 Å². The Kier molecular flexibility index (Phi) is 3.97. The fraction of sp³-hybridized carbons (Fsp3) is 0.385. The van der Waals surface area contributed by atoms with E-state index in [1.54, 1.807) is 12.1 Å². The van der Waals surface area contributed by atoms with Gasteiger partial charge in [-0.05, 0) is 31.4 Å². The predicted molar refractivity (Wildman–Crippen MR) is 65.0 cm³/mol. The molecule has 0 saturated heterocycles. The fourth-order valence-corrected chi connectivity index (χ4v) is 2.06. The molecule has 0 aliphatic heterocycles. The van der Waals surface area contributed by atoms with Crippen molar-refractivity contribution in [3.63, 3.8) is 0 Å². The van der Waals surface area contributed by atoms with Crippen molar-refractivity contribution < 1.29 is 4.39 Å². The van der Waals surface area contributed by atoms with E-state index in [0.29, 0.717) is 23.2 Å². The summed E-state index contributed by atoms with van der Waals surface area (Å²) < 4.78 is 13.5. The minimum absolute atomic E-state index is 0.230. The molecule has 3 heteroatoms. The number of benzene rings is 1. The molecule has 1 aliphatic carbocycles. The summed E-state index contributed by atoms with van der Waals surface area (Å²) in [6.45, 7) is 0.571. The lowest BCUT2D eigenvalue weighted by molar-refractivity contribution is 0.466. The number of halogens is 2. The average molecular weight is 240 g/mol. The third-order valence-corrected chi connectivity index (χ3v) is 3.10. The normalized spacial score (nSPS) is 20.0. The summed E-state index contributed by atoms with van der Waals surface area (Å²) in [6.07, 6.45) is 7.65. The maximum absolute atomic E-state index is 13.5. The molecular weight excluding hydrogens is 225 g/mol. The summed E-state index contributed by atoms with van der Waals surface area (Å²) in [4.78, 5) is 0. The zero-order valence-corrected chi connectivity index (χ0v) is 9.80. The lowest BCUT2D eigenvalue weighted by atomic mass is 10.0. The molecule has 1 aromatic rings. The van der Waals surface area contributed by atoms with Gasteiger partial charge in [-0.15, -0.1) is 0 Å². The molecule has 0 spiro atoms. The fourth-order valence-electron chi connectivity index (χ4n) is 1.90. The van der Waals surface area contributed by atoms with Gasteiger partial charge in [-0.2, -0.15) is 0 Å². The van der Waals surface area contributed by atoms with Crippen LogP contribution >= 0.6 is 11.6 Å². The van der Waals surface area contributed by atoms with Gasteiger partial charge >= 0.3 is 0 Å². The molecule has 1 atom stereocenters. The van der Waals surface area contributed by atoms with Crippen LogP contribution in [0.4, 0.5) is 4.39 Å². The highest BCUT2D eigenvalue weighted by Crippen LogP contribution is 2.16. The van der Waals surface area contributed by atoms with Gasteiger partial charge in [0.1, 0.15) is 5.82 Å². The molecule has 0 fully saturated rings. The Labute approximate surface area is 100 Å². The van der Waals surface area contributed by atoms with E-state index in [9.17, 15) is 4.39 Å². The van der Waals surface area contributed by atoms with Gasteiger partial charge < -0.3 is 5.32 Å². The largest absolute Gasteiger partial charge is 0.309 e. The number of rotatable bonds is 3. The lowest BCUT2D eigenvalue weighted by Gasteiger charge is -2.19. The Morgan fingerprint density at radius 1 is 1.38 bits per heavy atom. The molecule has 86 valence electrons. The number of nitrogens with one attached hydrogen (secondary N) is 1. The zero-order chi connectivity index (χ0) is 11.4. The first kappa shape index (κ1) is 11.6. The van der Waals surface area contributed by atoms with E-state index in [1.165, 1.54) is 6.07 Å². The average Bonchev–Trinajstić information content (AvgIpc) is 2.29. The van der Waals surface area contributed by atoms with E-state index in [2.05, 4.69) is 17.5 Å². The molecule has 0 heterocycles. The summed E-state index contributed by atoms with van der Waals surface area (Å²) in [5, 5.41) is 3.81. The first-order valence-electron chi connectivity index (χ1n) is 5.58. The highest BCUT2D eigenvalue weighted by Gasteiger charge is 2.10. The van der Waals surface area contributed by atoms with E-state index in [4.69, 9.17) is 11.6 Å². The minimum atomic E-state index is -0.230. The van der Waals surface area contributed by atoms with Crippen LogP contribution in [-0.4, -0.2) is 6.04 Å². The van der Waals surface area contributed by atoms with Gasteiger partial charge in [0.15, 0.2) is 0 Å². The molecule has 0 aromatic heterocycles. The molecular formula is C13H15ClFN. The monoisotopic (exact) mass is 239 g/mol. The van der Waals surface area contributed by atoms with Crippen molar-refractivity contribution in [2.24, 2.45) is 0 Å². The van der Waals surface area contributed by atoms with E-state index in [1.807, 2.05) is 0 Å². The van der Waals surface area contributed by atoms with Crippen LogP contribution in [0.2, 0.25) is 5.02 Å². The lowest BCUT2D eigenvalue weighted by Crippen LogP contribution is -2.29. The standard InChI is InChI=1S/C13H15ClFN/c14-11-7-6-10(13(15)8-11)9-16-12-4-2-1-3-5-12/h1-2,6-8,12,16H,3-5,9H2. The molecule has 1 N–H and O–H groups in total. The van der Waals surface area contributed by atoms with Crippen LogP contribution in [0.1, 0.15) is 24.8 Å². The second-order valence-corrected chi connectivity index (χ2v) is 4.53. The summed E-state index contributed by atoms with van der Waals surface area (Å²) in [6, 6.07) is 5.30. The Bertz CT molecular complexity index is 390. The Hall–Kier alpha value is -0.860. The molecule has 0 bridgehead atoms. The second kappa shape index (κ2) is 5.46. The van der Waals surface area contributed by atoms with Crippen LogP contribution in [0.25, 0.3) is 0 Å². The highest BCUT2D eigenvalue weighted by atomic mass is 35.5. The SMILES string of the molecule is Fc1cc(Cl)ccc1CNC1CC=CCC1. The van der Waals surface area contributed by atoms with Crippen LogP contribution in [0.3, 0.4) is 0 Å². The van der Waals surface area contributed by atoms with Crippen LogP contribution in [-0.2, 0) is 6.54 Å². The van der Waals surface area contributed by atoms with Crippen molar-refractivity contribution in [3.8, 4) is 0 Å². The first-order chi connectivity index (χ1) is 7.75. The molecule has 1 aromatic carbocycles. The van der Waals surface area contributed by atoms with Crippen LogP contribution in [0.15, 0.2) is 30.4 Å². The van der Waals surface area contributed by atoms with Crippen molar-refractivity contribution >= 4 is 11.6 Å². The number of allylic oxidation sites excluding steroid dienone is 1. The molecule has 0 saturated carbocycles. The zero-order valence-electron chi connectivity index (χ0n) is 9.05. The van der Waals surface area contributed by atoms with E-state index < -0.39 is 0 Å². The Morgan fingerprint density at radius 2 is 2.25 bits per heavy atom. The summed E-state index contributed by atoms with van der Waals surface area (Å²) in [5.74, 6) is -0.230. The van der Waals surface area contributed by atoms with Crippen molar-refractivity contribution in [3.05, 3.63) is 46.8 Å². The Balaban J connectivity index is 1.91. The molecule has 1 unspecified atom stereocenters. The van der Waals surface area contributed by atoms with Gasteiger partial charge in [0, 0.05) is 23.2 Å². The maximum atomic E-state index is 13.5. The van der Waals surface area contributed by atoms with E-state index in [-0.39, 0.29) is 5.82 Å². The highest BCUT2D eigenvalue weighted by molar-refractivity contribution is 6.30. The molecule has 1 nitrogen and oxygen atoms in total. The van der Waals surface area contributed by atoms with E-state index >= 15 is 0 Å². The molecule has 0 amide bonds. The van der Waals surface area contributed by atoms with Crippen molar-refractivity contribution in [1.29, 1.82) is 0 Å². The summed E-state index contributed by atoms with van der Waals surface area (Å²) >= 11 is 5.70. The first-order valence-corrected chi connectivity index (χ1v) is 5.96. The maximum Gasteiger partial charge on any atom is 0.129 e. The molecule has 16 heavy (non-hydrogen) atoms. The number of hydrogen-bond acceptors (Lipinski definition) is 1. The smallest absolute Gasteiger partial charge is 0.129 e. The van der Waals surface area contributed by atoms with Gasteiger partial charge in [0.05, 0.1) is 0 Å². The topological polar surface area (TPSA) is 12.0 Å². The van der Waals surface area contributed by atoms with Crippen LogP contribution < -0.4 is 5.32 Å². The third-order valence-electron chi connectivity index (χ3n) is 2.87. The van der Waals surface area contributed by atoms with Crippen molar-refractivity contribution in [2.75, 3.05) is 0 Å². The van der Waals surface area contributed by atoms with Gasteiger partial charge in [-0.3, -0.25) is 0 Å². The minimum Gasteiger partial charge on any atom is -0.309 e. The van der Waals surface area contributed by atoms with Gasteiger partial charge in [-0.25, -0.2) is 4.39 Å². The van der Waals surface area contributed by atoms with Gasteiger partial charge in [0.25, 0.3) is 0 Å². The van der Waals surface area contributed by atoms with Crippen molar-refractivity contribution in [1.82, 2.24) is 5.32 Å². The van der Waals surface area contributed by atoms with Gasteiger partial charge in [-0.1, -0.05) is 29.8 Å². The molecule has 2 rings (SSSR count). The summed E-state index contributed by atoms with van der Waals surface area (Å²) in [7, 11) is 0.